The Balaban J connectivity index is 0.000000456. The van der Waals surface area contributed by atoms with E-state index in [9.17, 15) is 14.7 Å². The molecule has 0 radical (unpaired) electrons. The van der Waals surface area contributed by atoms with Crippen molar-refractivity contribution in [3.8, 4) is 17.2 Å². The van der Waals surface area contributed by atoms with Crippen molar-refractivity contribution in [2.75, 3.05) is 13.7 Å². The standard InChI is InChI=1S/C19H28N2O6.C6H5ClO/c1-4-10-26-13-6-5-7-14(19(24)27-12(2)11-13)21-18(23)16-17(22)15(25-3)8-9-20-16;7-5-2-1-3-6(8)4-5/h8-9,12-14,22H,4-7,10-11H2,1-3H3,(H,21,23);1-4,8H/t12?,13?,14-;/m0./s1. The number of aromatic nitrogens is 1. The van der Waals surface area contributed by atoms with Gasteiger partial charge in [-0.1, -0.05) is 24.6 Å². The molecule has 1 aliphatic rings. The largest absolute Gasteiger partial charge is 0.508 e. The van der Waals surface area contributed by atoms with Crippen molar-refractivity contribution >= 4 is 23.5 Å². The van der Waals surface area contributed by atoms with Gasteiger partial charge >= 0.3 is 5.97 Å². The maximum Gasteiger partial charge on any atom is 0.328 e. The Kier molecular flexibility index (Phi) is 11.6. The molecular formula is C25H33ClN2O7. The highest BCUT2D eigenvalue weighted by Crippen LogP contribution is 2.27. The highest BCUT2D eigenvalue weighted by molar-refractivity contribution is 6.30. The first kappa shape index (κ1) is 28.2. The molecule has 1 amide bonds. The number of aromatic hydroxyl groups is 2. The van der Waals surface area contributed by atoms with Crippen molar-refractivity contribution < 1.29 is 34.0 Å². The van der Waals surface area contributed by atoms with Crippen LogP contribution in [-0.4, -0.2) is 59.0 Å². The Bertz CT molecular complexity index is 955. The molecule has 2 heterocycles. The van der Waals surface area contributed by atoms with Crippen molar-refractivity contribution in [2.24, 2.45) is 0 Å². The molecular weight excluding hydrogens is 476 g/mol. The van der Waals surface area contributed by atoms with Crippen LogP contribution in [0.2, 0.25) is 5.02 Å². The van der Waals surface area contributed by atoms with Crippen LogP contribution in [0.4, 0.5) is 0 Å². The zero-order chi connectivity index (χ0) is 25.8. The van der Waals surface area contributed by atoms with Crippen LogP contribution in [0.3, 0.4) is 0 Å². The Morgan fingerprint density at radius 1 is 1.29 bits per heavy atom. The van der Waals surface area contributed by atoms with Gasteiger partial charge in [0.15, 0.2) is 17.2 Å². The van der Waals surface area contributed by atoms with Crippen LogP contribution in [0.1, 0.15) is 56.4 Å². The van der Waals surface area contributed by atoms with E-state index in [-0.39, 0.29) is 35.2 Å². The number of carbonyl (C=O) groups excluding carboxylic acids is 2. The first-order chi connectivity index (χ1) is 16.7. The first-order valence-electron chi connectivity index (χ1n) is 11.5. The maximum absolute atomic E-state index is 12.5. The molecule has 192 valence electrons. The minimum Gasteiger partial charge on any atom is -0.508 e. The zero-order valence-corrected chi connectivity index (χ0v) is 21.0. The smallest absolute Gasteiger partial charge is 0.328 e. The molecule has 35 heavy (non-hydrogen) atoms. The SMILES string of the molecule is CCCOC1CCC[C@H](NC(=O)c2nccc(OC)c2O)C(=O)OC(C)C1.Oc1cccc(Cl)c1. The second-order valence-corrected chi connectivity index (χ2v) is 8.56. The first-order valence-corrected chi connectivity index (χ1v) is 11.9. The number of rotatable bonds is 6. The second kappa shape index (κ2) is 14.4. The van der Waals surface area contributed by atoms with Crippen LogP contribution >= 0.6 is 11.6 Å². The molecule has 1 saturated heterocycles. The molecule has 1 aliphatic heterocycles. The Morgan fingerprint density at radius 2 is 2.06 bits per heavy atom. The van der Waals surface area contributed by atoms with E-state index >= 15 is 0 Å². The minimum absolute atomic E-state index is 0.0336. The number of halogens is 1. The van der Waals surface area contributed by atoms with Gasteiger partial charge < -0.3 is 29.7 Å². The number of amides is 1. The Morgan fingerprint density at radius 3 is 2.69 bits per heavy atom. The van der Waals surface area contributed by atoms with Crippen molar-refractivity contribution in [1.82, 2.24) is 10.3 Å². The van der Waals surface area contributed by atoms with Crippen molar-refractivity contribution in [3.05, 3.63) is 47.2 Å². The fraction of sp³-hybridized carbons (Fsp3) is 0.480. The normalized spacial score (nSPS) is 20.2. The number of phenolic OH excluding ortho intramolecular Hbond substituents is 1. The summed E-state index contributed by atoms with van der Waals surface area (Å²) >= 11 is 5.48. The summed E-state index contributed by atoms with van der Waals surface area (Å²) in [5.41, 5.74) is -0.195. The van der Waals surface area contributed by atoms with Gasteiger partial charge in [-0.25, -0.2) is 9.78 Å². The lowest BCUT2D eigenvalue weighted by Gasteiger charge is -2.20. The second-order valence-electron chi connectivity index (χ2n) is 8.12. The average molecular weight is 509 g/mol. The zero-order valence-electron chi connectivity index (χ0n) is 20.2. The van der Waals surface area contributed by atoms with Gasteiger partial charge in [-0.3, -0.25) is 4.79 Å². The van der Waals surface area contributed by atoms with Gasteiger partial charge in [-0.15, -0.1) is 0 Å². The number of hydrogen-bond donors (Lipinski definition) is 3. The van der Waals surface area contributed by atoms with Crippen LogP contribution in [-0.2, 0) is 14.3 Å². The molecule has 1 aromatic carbocycles. The lowest BCUT2D eigenvalue weighted by atomic mass is 10.0. The van der Waals surface area contributed by atoms with Gasteiger partial charge in [0.1, 0.15) is 17.9 Å². The van der Waals surface area contributed by atoms with Crippen molar-refractivity contribution in [1.29, 1.82) is 0 Å². The molecule has 0 saturated carbocycles. The molecule has 3 N–H and O–H groups in total. The van der Waals surface area contributed by atoms with Crippen LogP contribution in [0.5, 0.6) is 17.2 Å². The summed E-state index contributed by atoms with van der Waals surface area (Å²) in [6, 6.07) is 7.10. The molecule has 0 bridgehead atoms. The number of nitrogens with zero attached hydrogens (tertiary/aromatic N) is 1. The predicted octanol–water partition coefficient (Wildman–Crippen LogP) is 4.24. The Hall–Kier alpha value is -3.04. The lowest BCUT2D eigenvalue weighted by molar-refractivity contribution is -0.151. The number of phenols is 1. The fourth-order valence-corrected chi connectivity index (χ4v) is 3.71. The number of benzene rings is 1. The molecule has 10 heteroatoms. The highest BCUT2D eigenvalue weighted by atomic mass is 35.5. The minimum atomic E-state index is -0.808. The summed E-state index contributed by atoms with van der Waals surface area (Å²) in [6.07, 6.45) is 4.56. The number of methoxy groups -OCH3 is 1. The molecule has 3 atom stereocenters. The summed E-state index contributed by atoms with van der Waals surface area (Å²) in [6.45, 7) is 4.54. The number of ether oxygens (including phenoxy) is 3. The monoisotopic (exact) mass is 508 g/mol. The molecule has 3 rings (SSSR count). The van der Waals surface area contributed by atoms with Gasteiger partial charge in [0.2, 0.25) is 0 Å². The van der Waals surface area contributed by atoms with Crippen molar-refractivity contribution in [2.45, 2.75) is 64.2 Å². The molecule has 9 nitrogen and oxygen atoms in total. The maximum atomic E-state index is 12.5. The molecule has 1 aromatic heterocycles. The number of hydrogen-bond acceptors (Lipinski definition) is 8. The van der Waals surface area contributed by atoms with E-state index in [2.05, 4.69) is 10.3 Å². The number of pyridine rings is 1. The third-order valence-corrected chi connectivity index (χ3v) is 5.44. The van der Waals surface area contributed by atoms with Crippen LogP contribution in [0.15, 0.2) is 36.5 Å². The van der Waals surface area contributed by atoms with Gasteiger partial charge in [0.25, 0.3) is 5.91 Å². The summed E-state index contributed by atoms with van der Waals surface area (Å²) < 4.78 is 16.3. The van der Waals surface area contributed by atoms with E-state index in [0.29, 0.717) is 30.9 Å². The summed E-state index contributed by atoms with van der Waals surface area (Å²) in [5, 5.41) is 22.0. The molecule has 0 aliphatic carbocycles. The molecule has 2 unspecified atom stereocenters. The van der Waals surface area contributed by atoms with Crippen LogP contribution < -0.4 is 10.1 Å². The van der Waals surface area contributed by atoms with E-state index < -0.39 is 17.9 Å². The molecule has 1 fully saturated rings. The van der Waals surface area contributed by atoms with Crippen LogP contribution in [0.25, 0.3) is 0 Å². The molecule has 2 aromatic rings. The van der Waals surface area contributed by atoms with Crippen LogP contribution in [0, 0.1) is 0 Å². The van der Waals surface area contributed by atoms with Gasteiger partial charge in [-0.2, -0.15) is 0 Å². The van der Waals surface area contributed by atoms with E-state index in [1.807, 2.05) is 13.8 Å². The Labute approximate surface area is 210 Å². The predicted molar refractivity (Wildman–Crippen MR) is 131 cm³/mol. The van der Waals surface area contributed by atoms with Gasteiger partial charge in [0, 0.05) is 30.3 Å². The number of nitrogens with one attached hydrogen (secondary N) is 1. The topological polar surface area (TPSA) is 127 Å². The number of carbonyl (C=O) groups is 2. The van der Waals surface area contributed by atoms with Gasteiger partial charge in [-0.05, 0) is 50.8 Å². The number of esters is 1. The summed E-state index contributed by atoms with van der Waals surface area (Å²) in [7, 11) is 1.38. The van der Waals surface area contributed by atoms with E-state index in [1.165, 1.54) is 25.4 Å². The third kappa shape index (κ3) is 9.26. The van der Waals surface area contributed by atoms with E-state index in [0.717, 1.165) is 12.8 Å². The third-order valence-electron chi connectivity index (χ3n) is 5.21. The molecule has 0 spiro atoms. The number of cyclic esters (lactones) is 1. The quantitative estimate of drug-likeness (QED) is 0.494. The van der Waals surface area contributed by atoms with E-state index in [1.54, 1.807) is 18.2 Å². The summed E-state index contributed by atoms with van der Waals surface area (Å²) in [4.78, 5) is 28.8. The lowest BCUT2D eigenvalue weighted by Crippen LogP contribution is -2.42. The summed E-state index contributed by atoms with van der Waals surface area (Å²) in [5.74, 6) is -1.17. The average Bonchev–Trinajstić information content (AvgIpc) is 2.87. The fourth-order valence-electron chi connectivity index (χ4n) is 3.52. The van der Waals surface area contributed by atoms with Gasteiger partial charge in [0.05, 0.1) is 13.2 Å². The van der Waals surface area contributed by atoms with Crippen molar-refractivity contribution in [3.63, 3.8) is 0 Å². The van der Waals surface area contributed by atoms with E-state index in [4.69, 9.17) is 30.9 Å². The highest BCUT2D eigenvalue weighted by Gasteiger charge is 2.29.